The average Bonchev–Trinajstić information content (AvgIpc) is 3.00. The third kappa shape index (κ3) is 3.92. The Hall–Kier alpha value is -1.84. The monoisotopic (exact) mass is 354 g/mol. The number of carbonyl (C=O) groups is 1. The molecule has 2 aromatic rings. The van der Waals surface area contributed by atoms with Crippen molar-refractivity contribution < 1.29 is 13.2 Å². The summed E-state index contributed by atoms with van der Waals surface area (Å²) in [6.07, 6.45) is 0.714. The first kappa shape index (κ1) is 17.5. The van der Waals surface area contributed by atoms with E-state index in [1.807, 2.05) is 6.92 Å². The molecule has 0 atom stereocenters. The second-order valence-electron chi connectivity index (χ2n) is 5.00. The fourth-order valence-corrected chi connectivity index (χ4v) is 3.97. The summed E-state index contributed by atoms with van der Waals surface area (Å²) >= 11 is 1.19. The lowest BCUT2D eigenvalue weighted by Gasteiger charge is -2.18. The van der Waals surface area contributed by atoms with E-state index in [0.717, 1.165) is 0 Å². The molecule has 2 rings (SSSR count). The van der Waals surface area contributed by atoms with Gasteiger partial charge in [-0.15, -0.1) is 10.2 Å². The van der Waals surface area contributed by atoms with Crippen LogP contribution in [0.2, 0.25) is 0 Å². The van der Waals surface area contributed by atoms with Crippen molar-refractivity contribution in [2.75, 3.05) is 18.9 Å². The molecule has 23 heavy (non-hydrogen) atoms. The number of nitrogens with one attached hydrogen (secondary N) is 1. The van der Waals surface area contributed by atoms with E-state index in [2.05, 4.69) is 15.5 Å². The Morgan fingerprint density at radius 3 is 2.74 bits per heavy atom. The zero-order valence-electron chi connectivity index (χ0n) is 13.1. The maximum atomic E-state index is 12.6. The smallest absolute Gasteiger partial charge is 0.257 e. The van der Waals surface area contributed by atoms with Crippen LogP contribution in [-0.4, -0.2) is 42.4 Å². The van der Waals surface area contributed by atoms with Crippen LogP contribution in [-0.2, 0) is 10.0 Å². The molecule has 0 aliphatic rings. The zero-order valence-corrected chi connectivity index (χ0v) is 14.7. The number of hydrogen-bond donors (Lipinski definition) is 1. The molecule has 9 heteroatoms. The van der Waals surface area contributed by atoms with Crippen LogP contribution in [0.1, 0.15) is 29.3 Å². The van der Waals surface area contributed by atoms with E-state index >= 15 is 0 Å². The van der Waals surface area contributed by atoms with E-state index < -0.39 is 15.9 Å². The van der Waals surface area contributed by atoms with Gasteiger partial charge in [0.05, 0.1) is 4.90 Å². The Bertz CT molecular complexity index is 788. The summed E-state index contributed by atoms with van der Waals surface area (Å²) in [5.41, 5.74) is 2.36. The second-order valence-corrected chi connectivity index (χ2v) is 7.85. The molecule has 0 aliphatic heterocycles. The van der Waals surface area contributed by atoms with Crippen molar-refractivity contribution in [3.8, 4) is 0 Å². The van der Waals surface area contributed by atoms with Crippen LogP contribution < -0.4 is 5.32 Å². The van der Waals surface area contributed by atoms with Crippen LogP contribution in [0.5, 0.6) is 0 Å². The Labute approximate surface area is 139 Å². The number of anilines is 1. The maximum Gasteiger partial charge on any atom is 0.257 e. The van der Waals surface area contributed by atoms with Crippen molar-refractivity contribution in [3.63, 3.8) is 0 Å². The molecule has 0 fully saturated rings. The van der Waals surface area contributed by atoms with Crippen molar-refractivity contribution in [1.29, 1.82) is 0 Å². The molecule has 0 unspecified atom stereocenters. The number of hydrogen-bond acceptors (Lipinski definition) is 6. The van der Waals surface area contributed by atoms with Crippen LogP contribution in [0.4, 0.5) is 5.13 Å². The lowest BCUT2D eigenvalue weighted by Crippen LogP contribution is -2.28. The minimum atomic E-state index is -3.62. The Balaban J connectivity index is 2.34. The fourth-order valence-electron chi connectivity index (χ4n) is 2.02. The third-order valence-electron chi connectivity index (χ3n) is 3.26. The van der Waals surface area contributed by atoms with Gasteiger partial charge < -0.3 is 0 Å². The van der Waals surface area contributed by atoms with Gasteiger partial charge in [-0.3, -0.25) is 10.1 Å². The van der Waals surface area contributed by atoms with E-state index in [9.17, 15) is 13.2 Å². The van der Waals surface area contributed by atoms with Gasteiger partial charge in [0.1, 0.15) is 5.51 Å². The molecule has 1 aromatic carbocycles. The first-order valence-electron chi connectivity index (χ1n) is 7.00. The molecular weight excluding hydrogens is 336 g/mol. The molecule has 0 saturated heterocycles. The van der Waals surface area contributed by atoms with E-state index in [-0.39, 0.29) is 10.5 Å². The molecule has 0 aliphatic carbocycles. The molecule has 1 heterocycles. The lowest BCUT2D eigenvalue weighted by atomic mass is 10.1. The quantitative estimate of drug-likeness (QED) is 0.858. The fraction of sp³-hybridized carbons (Fsp3) is 0.357. The summed E-state index contributed by atoms with van der Waals surface area (Å²) in [4.78, 5) is 12.4. The molecule has 7 nitrogen and oxygen atoms in total. The summed E-state index contributed by atoms with van der Waals surface area (Å²) < 4.78 is 26.5. The Kier molecular flexibility index (Phi) is 5.45. The zero-order chi connectivity index (χ0) is 17.0. The van der Waals surface area contributed by atoms with Gasteiger partial charge in [-0.1, -0.05) is 24.3 Å². The summed E-state index contributed by atoms with van der Waals surface area (Å²) in [7, 11) is -2.09. The largest absolute Gasteiger partial charge is 0.296 e. The number of carbonyl (C=O) groups excluding carboxylic acids is 1. The molecule has 1 aromatic heterocycles. The summed E-state index contributed by atoms with van der Waals surface area (Å²) in [5, 5.41) is 10.3. The number of benzene rings is 1. The number of nitrogens with zero attached hydrogens (tertiary/aromatic N) is 3. The molecule has 0 radical (unpaired) electrons. The molecule has 124 valence electrons. The normalized spacial score (nSPS) is 11.7. The standard InChI is InChI=1S/C14H18N4O3S2/c1-4-7-18(3)23(20,21)12-8-11(6-5-10(12)2)13(19)16-14-17-15-9-22-14/h5-6,8-9H,4,7H2,1-3H3,(H,16,17,19). The van der Waals surface area contributed by atoms with Gasteiger partial charge in [0, 0.05) is 19.2 Å². The number of sulfonamides is 1. The predicted molar refractivity (Wildman–Crippen MR) is 89.1 cm³/mol. The van der Waals surface area contributed by atoms with Crippen LogP contribution in [0.15, 0.2) is 28.6 Å². The van der Waals surface area contributed by atoms with Gasteiger partial charge in [0.25, 0.3) is 5.91 Å². The van der Waals surface area contributed by atoms with Crippen LogP contribution in [0.25, 0.3) is 0 Å². The highest BCUT2D eigenvalue weighted by molar-refractivity contribution is 7.89. The van der Waals surface area contributed by atoms with Gasteiger partial charge in [-0.05, 0) is 31.0 Å². The first-order valence-corrected chi connectivity index (χ1v) is 9.32. The summed E-state index contributed by atoms with van der Waals surface area (Å²) in [6, 6.07) is 4.61. The minimum absolute atomic E-state index is 0.137. The number of aryl methyl sites for hydroxylation is 1. The van der Waals surface area contributed by atoms with E-state index in [1.54, 1.807) is 19.1 Å². The lowest BCUT2D eigenvalue weighted by molar-refractivity contribution is 0.102. The van der Waals surface area contributed by atoms with Crippen molar-refractivity contribution in [2.24, 2.45) is 0 Å². The van der Waals surface area contributed by atoms with Crippen LogP contribution in [0, 0.1) is 6.92 Å². The van der Waals surface area contributed by atoms with Crippen molar-refractivity contribution in [1.82, 2.24) is 14.5 Å². The SMILES string of the molecule is CCCN(C)S(=O)(=O)c1cc(C(=O)Nc2nncs2)ccc1C. The van der Waals surface area contributed by atoms with E-state index in [4.69, 9.17) is 0 Å². The Morgan fingerprint density at radius 2 is 2.13 bits per heavy atom. The first-order chi connectivity index (χ1) is 10.9. The van der Waals surface area contributed by atoms with Crippen LogP contribution >= 0.6 is 11.3 Å². The van der Waals surface area contributed by atoms with Gasteiger partial charge in [0.15, 0.2) is 0 Å². The predicted octanol–water partition coefficient (Wildman–Crippen LogP) is 2.13. The highest BCUT2D eigenvalue weighted by Crippen LogP contribution is 2.21. The van der Waals surface area contributed by atoms with Crippen molar-refractivity contribution >= 4 is 32.4 Å². The molecule has 1 amide bonds. The number of amides is 1. The van der Waals surface area contributed by atoms with Gasteiger partial charge in [0.2, 0.25) is 15.2 Å². The Morgan fingerprint density at radius 1 is 1.39 bits per heavy atom. The van der Waals surface area contributed by atoms with Crippen LogP contribution in [0.3, 0.4) is 0 Å². The molecule has 1 N–H and O–H groups in total. The highest BCUT2D eigenvalue weighted by atomic mass is 32.2. The number of aromatic nitrogens is 2. The van der Waals surface area contributed by atoms with Gasteiger partial charge >= 0.3 is 0 Å². The molecule has 0 bridgehead atoms. The number of rotatable bonds is 6. The molecule has 0 spiro atoms. The molecular formula is C14H18N4O3S2. The van der Waals surface area contributed by atoms with Gasteiger partial charge in [-0.2, -0.15) is 0 Å². The highest BCUT2D eigenvalue weighted by Gasteiger charge is 2.23. The van der Waals surface area contributed by atoms with E-state index in [0.29, 0.717) is 23.7 Å². The maximum absolute atomic E-state index is 12.6. The minimum Gasteiger partial charge on any atom is -0.296 e. The summed E-state index contributed by atoms with van der Waals surface area (Å²) in [5.74, 6) is -0.420. The average molecular weight is 354 g/mol. The van der Waals surface area contributed by atoms with Gasteiger partial charge in [-0.25, -0.2) is 12.7 Å². The van der Waals surface area contributed by atoms with E-state index in [1.165, 1.54) is 34.3 Å². The van der Waals surface area contributed by atoms with Crippen molar-refractivity contribution in [3.05, 3.63) is 34.8 Å². The topological polar surface area (TPSA) is 92.3 Å². The van der Waals surface area contributed by atoms with Crippen molar-refractivity contribution in [2.45, 2.75) is 25.2 Å². The second kappa shape index (κ2) is 7.16. The third-order valence-corrected chi connectivity index (χ3v) is 5.86. The summed E-state index contributed by atoms with van der Waals surface area (Å²) in [6.45, 7) is 4.03. The molecule has 0 saturated carbocycles.